The summed E-state index contributed by atoms with van der Waals surface area (Å²) < 4.78 is 2.46. The Bertz CT molecular complexity index is 3030. The molecular weight excluding hydrogens is 677 g/mol. The molecule has 9 aromatic carbocycles. The quantitative estimate of drug-likeness (QED) is 0.161. The van der Waals surface area contributed by atoms with Crippen molar-refractivity contribution in [3.8, 4) is 16.8 Å². The summed E-state index contributed by atoms with van der Waals surface area (Å²) in [4.78, 5) is 2.46. The molecule has 10 aromatic rings. The Kier molecular flexibility index (Phi) is 7.67. The van der Waals surface area contributed by atoms with Crippen molar-refractivity contribution in [1.29, 1.82) is 0 Å². The van der Waals surface area contributed by atoms with Gasteiger partial charge in [-0.1, -0.05) is 163 Å². The number of aromatic nitrogens is 1. The van der Waals surface area contributed by atoms with E-state index in [1.165, 1.54) is 82.1 Å². The van der Waals surface area contributed by atoms with E-state index in [2.05, 4.69) is 221 Å². The van der Waals surface area contributed by atoms with Gasteiger partial charge in [0.2, 0.25) is 0 Å². The molecule has 0 amide bonds. The van der Waals surface area contributed by atoms with Crippen LogP contribution >= 0.6 is 0 Å². The number of anilines is 3. The Morgan fingerprint density at radius 3 is 1.64 bits per heavy atom. The highest BCUT2D eigenvalue weighted by Crippen LogP contribution is 2.47. The molecule has 0 fully saturated rings. The second-order valence-electron chi connectivity index (χ2n) is 17.4. The first kappa shape index (κ1) is 34.1. The Hall–Kier alpha value is -6.38. The Labute approximate surface area is 329 Å². The number of hydrogen-bond donors (Lipinski definition) is 0. The molecule has 272 valence electrons. The molecule has 1 aromatic heterocycles. The first-order valence-corrected chi connectivity index (χ1v) is 19.9. The molecule has 0 spiro atoms. The van der Waals surface area contributed by atoms with E-state index in [-0.39, 0.29) is 10.8 Å². The SMILES string of the molecule is CC(C)(C)c1ccc(-c2cc(N(c3ccccc3)c3ccc4ccc5c(-n6c7ccccc7c7ccccc76)ccc6ccc3c4c65)ccc2C(C)(C)C)cc1. The van der Waals surface area contributed by atoms with Gasteiger partial charge in [-0.05, 0) is 103 Å². The predicted molar refractivity (Wildman–Crippen MR) is 242 cm³/mol. The van der Waals surface area contributed by atoms with Gasteiger partial charge < -0.3 is 9.47 Å². The third-order valence-corrected chi connectivity index (χ3v) is 11.8. The fourth-order valence-electron chi connectivity index (χ4n) is 9.06. The maximum Gasteiger partial charge on any atom is 0.0541 e. The number of fused-ring (bicyclic) bond motifs is 3. The van der Waals surface area contributed by atoms with Gasteiger partial charge in [0.1, 0.15) is 0 Å². The van der Waals surface area contributed by atoms with E-state index in [1.807, 2.05) is 0 Å². The zero-order valence-corrected chi connectivity index (χ0v) is 33.1. The van der Waals surface area contributed by atoms with E-state index in [1.54, 1.807) is 0 Å². The molecule has 0 saturated heterocycles. The summed E-state index contributed by atoms with van der Waals surface area (Å²) in [5, 5.41) is 10.1. The number of nitrogens with zero attached hydrogens (tertiary/aromatic N) is 2. The van der Waals surface area contributed by atoms with Crippen molar-refractivity contribution in [2.45, 2.75) is 52.4 Å². The van der Waals surface area contributed by atoms with Crippen molar-refractivity contribution >= 4 is 71.2 Å². The van der Waals surface area contributed by atoms with Crippen LogP contribution < -0.4 is 4.90 Å². The van der Waals surface area contributed by atoms with Crippen molar-refractivity contribution < 1.29 is 0 Å². The maximum atomic E-state index is 2.46. The second-order valence-corrected chi connectivity index (χ2v) is 17.4. The molecule has 56 heavy (non-hydrogen) atoms. The highest BCUT2D eigenvalue weighted by Gasteiger charge is 2.24. The van der Waals surface area contributed by atoms with E-state index >= 15 is 0 Å². The molecule has 0 atom stereocenters. The lowest BCUT2D eigenvalue weighted by molar-refractivity contribution is 0.589. The molecule has 1 heterocycles. The monoisotopic (exact) mass is 722 g/mol. The van der Waals surface area contributed by atoms with Crippen LogP contribution in [0.2, 0.25) is 0 Å². The molecule has 0 saturated carbocycles. The third kappa shape index (κ3) is 5.39. The highest BCUT2D eigenvalue weighted by atomic mass is 15.1. The number of hydrogen-bond acceptors (Lipinski definition) is 1. The van der Waals surface area contributed by atoms with Crippen LogP contribution in [0.1, 0.15) is 52.7 Å². The molecule has 10 rings (SSSR count). The summed E-state index contributed by atoms with van der Waals surface area (Å²) in [5.41, 5.74) is 12.3. The molecular formula is C54H46N2. The van der Waals surface area contributed by atoms with Crippen LogP contribution in [0.25, 0.3) is 70.9 Å². The summed E-state index contributed by atoms with van der Waals surface area (Å²) in [6.45, 7) is 13.8. The largest absolute Gasteiger partial charge is 0.310 e. The minimum atomic E-state index is -0.0325. The summed E-state index contributed by atoms with van der Waals surface area (Å²) in [6.07, 6.45) is 0. The van der Waals surface area contributed by atoms with Crippen LogP contribution in [0.3, 0.4) is 0 Å². The van der Waals surface area contributed by atoms with Crippen molar-refractivity contribution in [2.75, 3.05) is 4.90 Å². The molecule has 0 aliphatic heterocycles. The van der Waals surface area contributed by atoms with Gasteiger partial charge in [-0.15, -0.1) is 0 Å². The first-order chi connectivity index (χ1) is 27.1. The minimum absolute atomic E-state index is 0.0325. The average Bonchev–Trinajstić information content (AvgIpc) is 3.54. The van der Waals surface area contributed by atoms with Crippen molar-refractivity contribution in [3.05, 3.63) is 181 Å². The number of para-hydroxylation sites is 3. The molecule has 0 aliphatic carbocycles. The Morgan fingerprint density at radius 1 is 0.429 bits per heavy atom. The standard InChI is InChI=1S/C54H46N2/c1-53(2,3)38-26-20-35(21-27-38)45-34-40(28-31-46(45)54(4,5)6)55(39-14-8-7-9-15-39)49-32-24-36-23-30-44-50(33-25-37-22-29-43(49)51(36)52(37)44)56-47-18-12-10-16-41(47)42-17-11-13-19-48(42)56/h7-34H,1-6H3. The normalized spacial score (nSPS) is 12.5. The lowest BCUT2D eigenvalue weighted by Gasteiger charge is -2.30. The molecule has 2 heteroatoms. The molecule has 0 N–H and O–H groups in total. The van der Waals surface area contributed by atoms with Gasteiger partial charge in [0.15, 0.2) is 0 Å². The number of rotatable bonds is 5. The maximum absolute atomic E-state index is 2.46. The summed E-state index contributed by atoms with van der Waals surface area (Å²) in [7, 11) is 0. The summed E-state index contributed by atoms with van der Waals surface area (Å²) in [5.74, 6) is 0. The fourth-order valence-corrected chi connectivity index (χ4v) is 9.06. The van der Waals surface area contributed by atoms with E-state index in [4.69, 9.17) is 0 Å². The van der Waals surface area contributed by atoms with Crippen molar-refractivity contribution in [2.24, 2.45) is 0 Å². The van der Waals surface area contributed by atoms with Gasteiger partial charge in [0.25, 0.3) is 0 Å². The Morgan fingerprint density at radius 2 is 1.00 bits per heavy atom. The Balaban J connectivity index is 1.22. The summed E-state index contributed by atoms with van der Waals surface area (Å²) >= 11 is 0. The average molecular weight is 723 g/mol. The third-order valence-electron chi connectivity index (χ3n) is 11.8. The fraction of sp³-hybridized carbons (Fsp3) is 0.148. The van der Waals surface area contributed by atoms with Gasteiger partial charge in [0.05, 0.1) is 22.4 Å². The predicted octanol–water partition coefficient (Wildman–Crippen LogP) is 15.4. The van der Waals surface area contributed by atoms with Gasteiger partial charge in [0, 0.05) is 32.9 Å². The van der Waals surface area contributed by atoms with E-state index < -0.39 is 0 Å². The van der Waals surface area contributed by atoms with Gasteiger partial charge in [-0.3, -0.25) is 0 Å². The zero-order valence-electron chi connectivity index (χ0n) is 33.1. The van der Waals surface area contributed by atoms with Crippen LogP contribution in [0.4, 0.5) is 17.1 Å². The minimum Gasteiger partial charge on any atom is -0.310 e. The van der Waals surface area contributed by atoms with Gasteiger partial charge >= 0.3 is 0 Å². The smallest absolute Gasteiger partial charge is 0.0541 e. The van der Waals surface area contributed by atoms with Gasteiger partial charge in [-0.2, -0.15) is 0 Å². The topological polar surface area (TPSA) is 8.17 Å². The molecule has 0 unspecified atom stereocenters. The highest BCUT2D eigenvalue weighted by molar-refractivity contribution is 6.27. The van der Waals surface area contributed by atoms with Crippen molar-refractivity contribution in [3.63, 3.8) is 0 Å². The van der Waals surface area contributed by atoms with Crippen LogP contribution in [0.5, 0.6) is 0 Å². The molecule has 0 radical (unpaired) electrons. The van der Waals surface area contributed by atoms with Crippen LogP contribution in [0.15, 0.2) is 170 Å². The van der Waals surface area contributed by atoms with Crippen LogP contribution in [-0.2, 0) is 10.8 Å². The first-order valence-electron chi connectivity index (χ1n) is 19.9. The molecule has 2 nitrogen and oxygen atoms in total. The summed E-state index contributed by atoms with van der Waals surface area (Å²) in [6, 6.07) is 63.3. The zero-order chi connectivity index (χ0) is 38.3. The van der Waals surface area contributed by atoms with Crippen LogP contribution in [-0.4, -0.2) is 4.57 Å². The molecule has 0 bridgehead atoms. The lowest BCUT2D eigenvalue weighted by atomic mass is 9.80. The number of benzene rings is 9. The van der Waals surface area contributed by atoms with Crippen molar-refractivity contribution in [1.82, 2.24) is 4.57 Å². The van der Waals surface area contributed by atoms with E-state index in [0.717, 1.165) is 17.1 Å². The van der Waals surface area contributed by atoms with E-state index in [9.17, 15) is 0 Å². The van der Waals surface area contributed by atoms with E-state index in [0.29, 0.717) is 0 Å². The van der Waals surface area contributed by atoms with Crippen LogP contribution in [0, 0.1) is 0 Å². The lowest BCUT2D eigenvalue weighted by Crippen LogP contribution is -2.15. The van der Waals surface area contributed by atoms with Gasteiger partial charge in [-0.25, -0.2) is 0 Å². The second kappa shape index (κ2) is 12.6. The molecule has 0 aliphatic rings.